The lowest BCUT2D eigenvalue weighted by molar-refractivity contribution is 0.360. The zero-order valence-corrected chi connectivity index (χ0v) is 13.6. The molecule has 20 heavy (non-hydrogen) atoms. The molecule has 1 aromatic carbocycles. The zero-order valence-electron chi connectivity index (χ0n) is 12.8. The van der Waals surface area contributed by atoms with Crippen molar-refractivity contribution in [3.8, 4) is 0 Å². The summed E-state index contributed by atoms with van der Waals surface area (Å²) in [5.74, 6) is 0. The van der Waals surface area contributed by atoms with E-state index in [1.807, 2.05) is 0 Å². The normalized spacial score (nSPS) is 17.6. The quantitative estimate of drug-likeness (QED) is 0.921. The molecule has 3 nitrogen and oxygen atoms in total. The van der Waals surface area contributed by atoms with Crippen molar-refractivity contribution in [2.75, 3.05) is 38.1 Å². The Morgan fingerprint density at radius 3 is 2.70 bits per heavy atom. The fourth-order valence-corrected chi connectivity index (χ4v) is 2.85. The van der Waals surface area contributed by atoms with Crippen LogP contribution in [-0.2, 0) is 6.54 Å². The molecule has 0 bridgehead atoms. The molecule has 0 aliphatic carbocycles. The maximum absolute atomic E-state index is 6.48. The van der Waals surface area contributed by atoms with E-state index in [9.17, 15) is 0 Å². The van der Waals surface area contributed by atoms with Crippen molar-refractivity contribution in [1.29, 1.82) is 0 Å². The first-order valence-corrected chi connectivity index (χ1v) is 7.89. The van der Waals surface area contributed by atoms with Crippen molar-refractivity contribution in [3.05, 3.63) is 28.8 Å². The second-order valence-corrected chi connectivity index (χ2v) is 6.37. The molecule has 2 rings (SSSR count). The molecule has 0 aromatic heterocycles. The van der Waals surface area contributed by atoms with E-state index < -0.39 is 0 Å². The van der Waals surface area contributed by atoms with Gasteiger partial charge in [-0.1, -0.05) is 31.5 Å². The number of benzene rings is 1. The minimum atomic E-state index is 0.495. The lowest BCUT2D eigenvalue weighted by atomic mass is 10.1. The summed E-state index contributed by atoms with van der Waals surface area (Å²) in [4.78, 5) is 4.79. The van der Waals surface area contributed by atoms with Crippen molar-refractivity contribution in [3.63, 3.8) is 0 Å². The lowest BCUT2D eigenvalue weighted by Crippen LogP contribution is -2.29. The number of anilines is 1. The molecule has 0 amide bonds. The molecule has 1 aliphatic rings. The summed E-state index contributed by atoms with van der Waals surface area (Å²) in [5.41, 5.74) is 2.43. The summed E-state index contributed by atoms with van der Waals surface area (Å²) in [6.45, 7) is 9.61. The van der Waals surface area contributed by atoms with E-state index in [-0.39, 0.29) is 0 Å². The third-order valence-corrected chi connectivity index (χ3v) is 4.09. The van der Waals surface area contributed by atoms with E-state index >= 15 is 0 Å². The molecule has 1 saturated heterocycles. The van der Waals surface area contributed by atoms with E-state index in [1.54, 1.807) is 0 Å². The Labute approximate surface area is 127 Å². The van der Waals surface area contributed by atoms with Crippen LogP contribution in [-0.4, -0.2) is 44.2 Å². The first-order chi connectivity index (χ1) is 9.56. The van der Waals surface area contributed by atoms with Crippen LogP contribution < -0.4 is 10.2 Å². The van der Waals surface area contributed by atoms with Gasteiger partial charge in [0.1, 0.15) is 0 Å². The molecular formula is C16H26ClN3. The Morgan fingerprint density at radius 2 is 2.00 bits per heavy atom. The minimum absolute atomic E-state index is 0.495. The van der Waals surface area contributed by atoms with Crippen molar-refractivity contribution in [1.82, 2.24) is 10.2 Å². The fourth-order valence-electron chi connectivity index (χ4n) is 2.53. The largest absolute Gasteiger partial charge is 0.369 e. The molecule has 1 fully saturated rings. The number of halogens is 1. The van der Waals surface area contributed by atoms with Crippen LogP contribution >= 0.6 is 11.6 Å². The fraction of sp³-hybridized carbons (Fsp3) is 0.625. The number of likely N-dealkylation sites (N-methyl/N-ethyl adjacent to an activating group) is 1. The summed E-state index contributed by atoms with van der Waals surface area (Å²) < 4.78 is 0. The summed E-state index contributed by atoms with van der Waals surface area (Å²) in [7, 11) is 2.19. The van der Waals surface area contributed by atoms with E-state index in [4.69, 9.17) is 11.6 Å². The highest BCUT2D eigenvalue weighted by Crippen LogP contribution is 2.27. The second kappa shape index (κ2) is 7.30. The Balaban J connectivity index is 2.05. The van der Waals surface area contributed by atoms with Crippen LogP contribution in [0.3, 0.4) is 0 Å². The number of hydrogen-bond acceptors (Lipinski definition) is 3. The van der Waals surface area contributed by atoms with Gasteiger partial charge in [-0.3, -0.25) is 0 Å². The molecule has 112 valence electrons. The molecule has 0 spiro atoms. The van der Waals surface area contributed by atoms with Crippen LogP contribution in [0, 0.1) is 0 Å². The first-order valence-electron chi connectivity index (χ1n) is 7.51. The predicted octanol–water partition coefficient (Wildman–Crippen LogP) is 2.98. The summed E-state index contributed by atoms with van der Waals surface area (Å²) >= 11 is 6.48. The molecule has 1 aromatic rings. The minimum Gasteiger partial charge on any atom is -0.369 e. The van der Waals surface area contributed by atoms with Gasteiger partial charge in [0.15, 0.2) is 0 Å². The van der Waals surface area contributed by atoms with Gasteiger partial charge in [-0.15, -0.1) is 0 Å². The maximum atomic E-state index is 6.48. The molecule has 0 atom stereocenters. The van der Waals surface area contributed by atoms with Gasteiger partial charge in [-0.25, -0.2) is 0 Å². The Bertz CT molecular complexity index is 434. The van der Waals surface area contributed by atoms with Crippen LogP contribution in [0.4, 0.5) is 5.69 Å². The van der Waals surface area contributed by atoms with Crippen LogP contribution in [0.5, 0.6) is 0 Å². The number of hydrogen-bond donors (Lipinski definition) is 1. The summed E-state index contributed by atoms with van der Waals surface area (Å²) in [5, 5.41) is 4.30. The zero-order chi connectivity index (χ0) is 14.5. The van der Waals surface area contributed by atoms with Gasteiger partial charge in [0, 0.05) is 32.2 Å². The van der Waals surface area contributed by atoms with Crippen molar-refractivity contribution < 1.29 is 0 Å². The number of rotatable bonds is 4. The molecule has 0 radical (unpaired) electrons. The van der Waals surface area contributed by atoms with Gasteiger partial charge in [0.2, 0.25) is 0 Å². The van der Waals surface area contributed by atoms with Gasteiger partial charge in [-0.05, 0) is 37.7 Å². The Kier molecular flexibility index (Phi) is 5.70. The van der Waals surface area contributed by atoms with Crippen LogP contribution in [0.15, 0.2) is 18.2 Å². The number of nitrogens with one attached hydrogen (secondary N) is 1. The van der Waals surface area contributed by atoms with Crippen LogP contribution in [0.2, 0.25) is 5.02 Å². The average Bonchev–Trinajstić information content (AvgIpc) is 2.61. The standard InChI is InChI=1S/C16H26ClN3/c1-13(2)18-12-14-5-6-16(15(17)11-14)20-8-4-7-19(3)9-10-20/h5-6,11,13,18H,4,7-10,12H2,1-3H3. The lowest BCUT2D eigenvalue weighted by Gasteiger charge is -2.24. The molecular weight excluding hydrogens is 270 g/mol. The second-order valence-electron chi connectivity index (χ2n) is 5.97. The predicted molar refractivity (Wildman–Crippen MR) is 87.8 cm³/mol. The summed E-state index contributed by atoms with van der Waals surface area (Å²) in [6.07, 6.45) is 1.20. The Hall–Kier alpha value is -0.770. The molecule has 1 aliphatic heterocycles. The molecule has 1 heterocycles. The van der Waals surface area contributed by atoms with Gasteiger partial charge >= 0.3 is 0 Å². The summed E-state index contributed by atoms with van der Waals surface area (Å²) in [6, 6.07) is 6.95. The van der Waals surface area contributed by atoms with E-state index in [1.165, 1.54) is 24.2 Å². The highest BCUT2D eigenvalue weighted by molar-refractivity contribution is 6.33. The molecule has 0 saturated carbocycles. The highest BCUT2D eigenvalue weighted by atomic mass is 35.5. The SMILES string of the molecule is CC(C)NCc1ccc(N2CCCN(C)CC2)c(Cl)c1. The van der Waals surface area contributed by atoms with E-state index in [2.05, 4.69) is 54.2 Å². The van der Waals surface area contributed by atoms with Gasteiger partial charge < -0.3 is 15.1 Å². The van der Waals surface area contributed by atoms with Crippen LogP contribution in [0.1, 0.15) is 25.8 Å². The van der Waals surface area contributed by atoms with Crippen molar-refractivity contribution in [2.24, 2.45) is 0 Å². The highest BCUT2D eigenvalue weighted by Gasteiger charge is 2.15. The third kappa shape index (κ3) is 4.37. The van der Waals surface area contributed by atoms with E-state index in [0.29, 0.717) is 6.04 Å². The number of nitrogens with zero attached hydrogens (tertiary/aromatic N) is 2. The van der Waals surface area contributed by atoms with Crippen molar-refractivity contribution >= 4 is 17.3 Å². The topological polar surface area (TPSA) is 18.5 Å². The molecule has 4 heteroatoms. The van der Waals surface area contributed by atoms with Crippen LogP contribution in [0.25, 0.3) is 0 Å². The smallest absolute Gasteiger partial charge is 0.0642 e. The van der Waals surface area contributed by atoms with Crippen molar-refractivity contribution in [2.45, 2.75) is 32.9 Å². The monoisotopic (exact) mass is 295 g/mol. The average molecular weight is 296 g/mol. The van der Waals surface area contributed by atoms with E-state index in [0.717, 1.165) is 31.2 Å². The van der Waals surface area contributed by atoms with Gasteiger partial charge in [0.25, 0.3) is 0 Å². The van der Waals surface area contributed by atoms with Gasteiger partial charge in [-0.2, -0.15) is 0 Å². The maximum Gasteiger partial charge on any atom is 0.0642 e. The first kappa shape index (κ1) is 15.6. The Morgan fingerprint density at radius 1 is 1.20 bits per heavy atom. The molecule has 1 N–H and O–H groups in total. The third-order valence-electron chi connectivity index (χ3n) is 3.79. The molecule has 0 unspecified atom stereocenters. The van der Waals surface area contributed by atoms with Gasteiger partial charge in [0.05, 0.1) is 10.7 Å².